The molecule has 0 spiro atoms. The molecule has 1 aromatic rings. The van der Waals surface area contributed by atoms with Crippen molar-refractivity contribution in [1.29, 1.82) is 0 Å². The van der Waals surface area contributed by atoms with Gasteiger partial charge in [-0.05, 0) is 35.3 Å². The first-order valence-electron chi connectivity index (χ1n) is 5.76. The summed E-state index contributed by atoms with van der Waals surface area (Å²) in [7, 11) is -1.91. The number of aromatic nitrogens is 1. The molecule has 5 nitrogen and oxygen atoms in total. The quantitative estimate of drug-likeness (QED) is 0.837. The van der Waals surface area contributed by atoms with Crippen molar-refractivity contribution in [1.82, 2.24) is 9.71 Å². The second-order valence-electron chi connectivity index (χ2n) is 4.06. The van der Waals surface area contributed by atoms with Gasteiger partial charge in [0.2, 0.25) is 10.0 Å². The number of hydrogen-bond donors (Lipinski definition) is 2. The highest BCUT2D eigenvalue weighted by Gasteiger charge is 2.21. The first-order chi connectivity index (χ1) is 8.40. The summed E-state index contributed by atoms with van der Waals surface area (Å²) < 4.78 is 27.8. The molecule has 0 aliphatic heterocycles. The Morgan fingerprint density at radius 1 is 1.50 bits per heavy atom. The fourth-order valence-electron chi connectivity index (χ4n) is 1.63. The molecule has 0 radical (unpaired) electrons. The third kappa shape index (κ3) is 3.93. The van der Waals surface area contributed by atoms with E-state index < -0.39 is 10.0 Å². The van der Waals surface area contributed by atoms with Gasteiger partial charge in [-0.1, -0.05) is 13.3 Å². The zero-order chi connectivity index (χ0) is 13.8. The van der Waals surface area contributed by atoms with Crippen molar-refractivity contribution in [2.24, 2.45) is 0 Å². The summed E-state index contributed by atoms with van der Waals surface area (Å²) in [6.45, 7) is 3.87. The Bertz CT molecular complexity index is 505. The lowest BCUT2D eigenvalue weighted by Gasteiger charge is -2.15. The van der Waals surface area contributed by atoms with Crippen LogP contribution < -0.4 is 10.0 Å². The van der Waals surface area contributed by atoms with Crippen LogP contribution in [0, 0.1) is 0 Å². The van der Waals surface area contributed by atoms with Gasteiger partial charge in [0, 0.05) is 23.8 Å². The van der Waals surface area contributed by atoms with Crippen LogP contribution in [-0.2, 0) is 10.0 Å². The molecule has 0 aromatic carbocycles. The van der Waals surface area contributed by atoms with Gasteiger partial charge < -0.3 is 5.32 Å². The van der Waals surface area contributed by atoms with Gasteiger partial charge >= 0.3 is 0 Å². The molecule has 102 valence electrons. The molecule has 0 saturated heterocycles. The molecule has 0 bridgehead atoms. The zero-order valence-electron chi connectivity index (χ0n) is 10.7. The van der Waals surface area contributed by atoms with E-state index in [2.05, 4.69) is 31.0 Å². The first-order valence-corrected chi connectivity index (χ1v) is 8.04. The number of anilines is 1. The molecule has 1 heterocycles. The Morgan fingerprint density at radius 3 is 2.72 bits per heavy atom. The second kappa shape index (κ2) is 6.49. The Balaban J connectivity index is 3.07. The predicted molar refractivity (Wildman–Crippen MR) is 76.2 cm³/mol. The lowest BCUT2D eigenvalue weighted by atomic mass is 10.2. The maximum absolute atomic E-state index is 12.2. The lowest BCUT2D eigenvalue weighted by Crippen LogP contribution is -2.33. The van der Waals surface area contributed by atoms with Crippen molar-refractivity contribution in [3.05, 3.63) is 16.7 Å². The summed E-state index contributed by atoms with van der Waals surface area (Å²) in [5, 5.41) is 2.78. The van der Waals surface area contributed by atoms with E-state index in [0.717, 1.165) is 12.8 Å². The SMILES string of the molecule is CCCC(C)NS(=O)(=O)c1cc(Br)cnc1NC. The van der Waals surface area contributed by atoms with Gasteiger partial charge in [0.05, 0.1) is 0 Å². The molecule has 1 aromatic heterocycles. The molecule has 0 saturated carbocycles. The van der Waals surface area contributed by atoms with Crippen LogP contribution in [0.4, 0.5) is 5.82 Å². The number of hydrogen-bond acceptors (Lipinski definition) is 4. The normalized spacial score (nSPS) is 13.3. The summed E-state index contributed by atoms with van der Waals surface area (Å²) >= 11 is 3.23. The Hall–Kier alpha value is -0.660. The molecule has 0 aliphatic rings. The van der Waals surface area contributed by atoms with Gasteiger partial charge in [0.1, 0.15) is 10.7 Å². The Labute approximate surface area is 117 Å². The third-order valence-corrected chi connectivity index (χ3v) is 4.46. The standard InChI is InChI=1S/C11H18BrN3O2S/c1-4-5-8(2)15-18(16,17)10-6-9(12)7-14-11(10)13-3/h6-8,15H,4-5H2,1-3H3,(H,13,14). The van der Waals surface area contributed by atoms with Crippen molar-refractivity contribution in [2.45, 2.75) is 37.6 Å². The average molecular weight is 336 g/mol. The van der Waals surface area contributed by atoms with Crippen molar-refractivity contribution in [2.75, 3.05) is 12.4 Å². The lowest BCUT2D eigenvalue weighted by molar-refractivity contribution is 0.544. The van der Waals surface area contributed by atoms with Crippen LogP contribution in [0.3, 0.4) is 0 Å². The number of rotatable bonds is 6. The van der Waals surface area contributed by atoms with E-state index in [4.69, 9.17) is 0 Å². The van der Waals surface area contributed by atoms with Crippen molar-refractivity contribution in [3.63, 3.8) is 0 Å². The predicted octanol–water partition coefficient (Wildman–Crippen LogP) is 2.35. The summed E-state index contributed by atoms with van der Waals surface area (Å²) in [5.74, 6) is 0.342. The number of sulfonamides is 1. The molecule has 0 amide bonds. The van der Waals surface area contributed by atoms with Gasteiger partial charge in [0.25, 0.3) is 0 Å². The van der Waals surface area contributed by atoms with Crippen LogP contribution in [0.2, 0.25) is 0 Å². The van der Waals surface area contributed by atoms with E-state index in [1.165, 1.54) is 0 Å². The van der Waals surface area contributed by atoms with Crippen LogP contribution in [0.5, 0.6) is 0 Å². The monoisotopic (exact) mass is 335 g/mol. The summed E-state index contributed by atoms with van der Waals surface area (Å²) in [6.07, 6.45) is 3.29. The molecule has 2 N–H and O–H groups in total. The maximum atomic E-state index is 12.2. The Morgan fingerprint density at radius 2 is 2.17 bits per heavy atom. The van der Waals surface area contributed by atoms with E-state index in [9.17, 15) is 8.42 Å². The molecule has 0 fully saturated rings. The summed E-state index contributed by atoms with van der Waals surface area (Å²) in [5.41, 5.74) is 0. The largest absolute Gasteiger partial charge is 0.372 e. The molecule has 0 aliphatic carbocycles. The van der Waals surface area contributed by atoms with E-state index in [-0.39, 0.29) is 10.9 Å². The molecule has 1 atom stereocenters. The smallest absolute Gasteiger partial charge is 0.244 e. The Kier molecular flexibility index (Phi) is 5.55. The minimum atomic E-state index is -3.55. The van der Waals surface area contributed by atoms with Crippen molar-refractivity contribution in [3.8, 4) is 0 Å². The zero-order valence-corrected chi connectivity index (χ0v) is 13.1. The van der Waals surface area contributed by atoms with E-state index in [1.54, 1.807) is 19.3 Å². The van der Waals surface area contributed by atoms with Crippen LogP contribution >= 0.6 is 15.9 Å². The van der Waals surface area contributed by atoms with Crippen LogP contribution in [0.15, 0.2) is 21.6 Å². The van der Waals surface area contributed by atoms with E-state index >= 15 is 0 Å². The third-order valence-electron chi connectivity index (χ3n) is 2.42. The number of nitrogens with zero attached hydrogens (tertiary/aromatic N) is 1. The topological polar surface area (TPSA) is 71.1 Å². The summed E-state index contributed by atoms with van der Waals surface area (Å²) in [4.78, 5) is 4.19. The fourth-order valence-corrected chi connectivity index (χ4v) is 3.58. The second-order valence-corrected chi connectivity index (χ2v) is 6.66. The average Bonchev–Trinajstić information content (AvgIpc) is 2.28. The van der Waals surface area contributed by atoms with Crippen LogP contribution in [0.1, 0.15) is 26.7 Å². The highest BCUT2D eigenvalue weighted by molar-refractivity contribution is 9.10. The molecule has 7 heteroatoms. The fraction of sp³-hybridized carbons (Fsp3) is 0.545. The minimum absolute atomic E-state index is 0.0938. The number of halogens is 1. The van der Waals surface area contributed by atoms with Gasteiger partial charge in [-0.25, -0.2) is 18.1 Å². The summed E-state index contributed by atoms with van der Waals surface area (Å²) in [6, 6.07) is 1.45. The van der Waals surface area contributed by atoms with Crippen molar-refractivity contribution < 1.29 is 8.42 Å². The van der Waals surface area contributed by atoms with E-state index in [1.807, 2.05) is 13.8 Å². The molecular weight excluding hydrogens is 318 g/mol. The molecular formula is C11H18BrN3O2S. The highest BCUT2D eigenvalue weighted by atomic mass is 79.9. The number of nitrogens with one attached hydrogen (secondary N) is 2. The van der Waals surface area contributed by atoms with E-state index in [0.29, 0.717) is 10.3 Å². The van der Waals surface area contributed by atoms with Gasteiger partial charge in [-0.2, -0.15) is 0 Å². The molecule has 1 rings (SSSR count). The number of pyridine rings is 1. The minimum Gasteiger partial charge on any atom is -0.372 e. The maximum Gasteiger partial charge on any atom is 0.244 e. The highest BCUT2D eigenvalue weighted by Crippen LogP contribution is 2.22. The molecule has 1 unspecified atom stereocenters. The van der Waals surface area contributed by atoms with Gasteiger partial charge in [-0.15, -0.1) is 0 Å². The van der Waals surface area contributed by atoms with Crippen molar-refractivity contribution >= 4 is 31.8 Å². The van der Waals surface area contributed by atoms with Gasteiger partial charge in [-0.3, -0.25) is 0 Å². The molecule has 18 heavy (non-hydrogen) atoms. The van der Waals surface area contributed by atoms with Crippen LogP contribution in [0.25, 0.3) is 0 Å². The van der Waals surface area contributed by atoms with Crippen LogP contribution in [-0.4, -0.2) is 26.5 Å². The first kappa shape index (κ1) is 15.4. The van der Waals surface area contributed by atoms with Gasteiger partial charge in [0.15, 0.2) is 0 Å².